The minimum absolute atomic E-state index is 0.0460. The molecule has 0 saturated carbocycles. The predicted octanol–water partition coefficient (Wildman–Crippen LogP) is 4.97. The second kappa shape index (κ2) is 7.80. The van der Waals surface area contributed by atoms with Crippen LogP contribution in [0.1, 0.15) is 21.6 Å². The number of alkyl halides is 3. The van der Waals surface area contributed by atoms with Gasteiger partial charge in [-0.1, -0.05) is 18.2 Å². The van der Waals surface area contributed by atoms with E-state index in [1.165, 1.54) is 30.5 Å². The number of pyridine rings is 1. The third kappa shape index (κ3) is 4.45. The maximum Gasteiger partial charge on any atom is 0.416 e. The molecule has 0 aliphatic heterocycles. The number of nitrogens with one attached hydrogen (secondary N) is 2. The number of carbonyl (C=O) groups is 1. The molecule has 1 aromatic heterocycles. The first-order chi connectivity index (χ1) is 13.4. The van der Waals surface area contributed by atoms with Crippen LogP contribution < -0.4 is 10.6 Å². The van der Waals surface area contributed by atoms with Gasteiger partial charge in [-0.15, -0.1) is 0 Å². The van der Waals surface area contributed by atoms with Gasteiger partial charge in [-0.25, -0.2) is 0 Å². The lowest BCUT2D eigenvalue weighted by Crippen LogP contribution is -2.14. The maximum atomic E-state index is 12.8. The lowest BCUT2D eigenvalue weighted by molar-refractivity contribution is -0.137. The van der Waals surface area contributed by atoms with Gasteiger partial charge < -0.3 is 10.6 Å². The summed E-state index contributed by atoms with van der Waals surface area (Å²) in [6.45, 7) is 0. The van der Waals surface area contributed by atoms with Crippen LogP contribution in [-0.4, -0.2) is 10.9 Å². The number of amides is 1. The van der Waals surface area contributed by atoms with Gasteiger partial charge in [-0.3, -0.25) is 9.78 Å². The minimum atomic E-state index is -4.45. The summed E-state index contributed by atoms with van der Waals surface area (Å²) >= 11 is 0. The maximum absolute atomic E-state index is 12.8. The number of benzene rings is 2. The van der Waals surface area contributed by atoms with E-state index in [9.17, 15) is 18.0 Å². The van der Waals surface area contributed by atoms with Gasteiger partial charge in [0.25, 0.3) is 5.91 Å². The number of para-hydroxylation sites is 1. The molecule has 140 valence electrons. The Morgan fingerprint density at radius 2 is 1.75 bits per heavy atom. The Hall–Kier alpha value is -3.86. The molecule has 0 radical (unpaired) electrons. The molecular formula is C20H13F3N4O. The topological polar surface area (TPSA) is 77.8 Å². The highest BCUT2D eigenvalue weighted by atomic mass is 19.4. The van der Waals surface area contributed by atoms with Crippen molar-refractivity contribution in [2.75, 3.05) is 10.6 Å². The molecule has 0 aliphatic carbocycles. The van der Waals surface area contributed by atoms with Crippen LogP contribution in [0.15, 0.2) is 66.9 Å². The summed E-state index contributed by atoms with van der Waals surface area (Å²) in [7, 11) is 0. The first-order valence-corrected chi connectivity index (χ1v) is 8.07. The van der Waals surface area contributed by atoms with Crippen LogP contribution in [0.3, 0.4) is 0 Å². The summed E-state index contributed by atoms with van der Waals surface area (Å²) < 4.78 is 38.5. The van der Waals surface area contributed by atoms with Gasteiger partial charge in [-0.2, -0.15) is 18.4 Å². The highest BCUT2D eigenvalue weighted by molar-refractivity contribution is 6.04. The van der Waals surface area contributed by atoms with Crippen molar-refractivity contribution < 1.29 is 18.0 Å². The Morgan fingerprint density at radius 1 is 1.00 bits per heavy atom. The van der Waals surface area contributed by atoms with E-state index in [1.54, 1.807) is 24.3 Å². The van der Waals surface area contributed by atoms with Crippen molar-refractivity contribution in [2.24, 2.45) is 0 Å². The van der Waals surface area contributed by atoms with E-state index < -0.39 is 17.6 Å². The summed E-state index contributed by atoms with van der Waals surface area (Å²) in [5.41, 5.74) is 0.528. The lowest BCUT2D eigenvalue weighted by Gasteiger charge is -2.11. The van der Waals surface area contributed by atoms with Gasteiger partial charge in [0, 0.05) is 17.6 Å². The smallest absolute Gasteiger partial charge is 0.355 e. The molecule has 28 heavy (non-hydrogen) atoms. The molecule has 0 aliphatic rings. The summed E-state index contributed by atoms with van der Waals surface area (Å²) in [6.07, 6.45) is -3.09. The van der Waals surface area contributed by atoms with Crippen molar-refractivity contribution in [2.45, 2.75) is 6.18 Å². The van der Waals surface area contributed by atoms with Gasteiger partial charge in [-0.05, 0) is 42.5 Å². The third-order valence-corrected chi connectivity index (χ3v) is 3.77. The number of nitrogens with zero attached hydrogens (tertiary/aromatic N) is 2. The van der Waals surface area contributed by atoms with Crippen LogP contribution in [-0.2, 0) is 6.18 Å². The fourth-order valence-electron chi connectivity index (χ4n) is 2.45. The summed E-state index contributed by atoms with van der Waals surface area (Å²) in [5.74, 6) is -0.546. The molecule has 0 spiro atoms. The Kier molecular flexibility index (Phi) is 5.27. The average Bonchev–Trinajstić information content (AvgIpc) is 2.68. The molecular weight excluding hydrogens is 369 g/mol. The zero-order valence-electron chi connectivity index (χ0n) is 14.3. The van der Waals surface area contributed by atoms with Crippen LogP contribution in [0, 0.1) is 11.3 Å². The van der Waals surface area contributed by atoms with Gasteiger partial charge in [0.2, 0.25) is 0 Å². The molecule has 0 saturated heterocycles. The Balaban J connectivity index is 1.79. The number of anilines is 3. The lowest BCUT2D eigenvalue weighted by atomic mass is 10.2. The average molecular weight is 382 g/mol. The zero-order chi connectivity index (χ0) is 20.1. The zero-order valence-corrected chi connectivity index (χ0v) is 14.3. The normalized spacial score (nSPS) is 10.8. The highest BCUT2D eigenvalue weighted by Gasteiger charge is 2.30. The SMILES string of the molecule is N#Cc1ccccc1NC(=O)c1cc(Nc2cccc(C(F)(F)F)c2)ccn1. The van der Waals surface area contributed by atoms with E-state index in [1.807, 2.05) is 6.07 Å². The quantitative estimate of drug-likeness (QED) is 0.668. The molecule has 0 atom stereocenters. The van der Waals surface area contributed by atoms with Crippen molar-refractivity contribution in [3.8, 4) is 6.07 Å². The fraction of sp³-hybridized carbons (Fsp3) is 0.0500. The molecule has 0 bridgehead atoms. The summed E-state index contributed by atoms with van der Waals surface area (Å²) in [4.78, 5) is 16.4. The van der Waals surface area contributed by atoms with Crippen LogP contribution >= 0.6 is 0 Å². The molecule has 3 aromatic rings. The Morgan fingerprint density at radius 3 is 2.50 bits per heavy atom. The van der Waals surface area contributed by atoms with Crippen LogP contribution in [0.5, 0.6) is 0 Å². The van der Waals surface area contributed by atoms with Crippen molar-refractivity contribution in [3.05, 3.63) is 83.7 Å². The number of nitriles is 1. The van der Waals surface area contributed by atoms with Crippen molar-refractivity contribution >= 4 is 23.0 Å². The van der Waals surface area contributed by atoms with Crippen molar-refractivity contribution in [1.29, 1.82) is 5.26 Å². The first-order valence-electron chi connectivity index (χ1n) is 8.07. The summed E-state index contributed by atoms with van der Waals surface area (Å²) in [5, 5.41) is 14.5. The molecule has 3 rings (SSSR count). The largest absolute Gasteiger partial charge is 0.416 e. The van der Waals surface area contributed by atoms with Crippen LogP contribution in [0.2, 0.25) is 0 Å². The van der Waals surface area contributed by atoms with Crippen LogP contribution in [0.4, 0.5) is 30.2 Å². The van der Waals surface area contributed by atoms with E-state index in [0.717, 1.165) is 12.1 Å². The molecule has 2 aromatic carbocycles. The number of halogens is 3. The fourth-order valence-corrected chi connectivity index (χ4v) is 2.45. The van der Waals surface area contributed by atoms with E-state index >= 15 is 0 Å². The van der Waals surface area contributed by atoms with Crippen molar-refractivity contribution in [3.63, 3.8) is 0 Å². The second-order valence-corrected chi connectivity index (χ2v) is 5.74. The van der Waals surface area contributed by atoms with E-state index in [4.69, 9.17) is 5.26 Å². The van der Waals surface area contributed by atoms with Crippen LogP contribution in [0.25, 0.3) is 0 Å². The van der Waals surface area contributed by atoms with Gasteiger partial charge in [0.1, 0.15) is 11.8 Å². The van der Waals surface area contributed by atoms with Gasteiger partial charge in [0.05, 0.1) is 16.8 Å². The molecule has 5 nitrogen and oxygen atoms in total. The number of rotatable bonds is 4. The van der Waals surface area contributed by atoms with Gasteiger partial charge in [0.15, 0.2) is 0 Å². The van der Waals surface area contributed by atoms with E-state index in [2.05, 4.69) is 15.6 Å². The standard InChI is InChI=1S/C20H13F3N4O/c21-20(22,23)14-5-3-6-15(10-14)26-16-8-9-25-18(11-16)19(28)27-17-7-2-1-4-13(17)12-24/h1-11H,(H,25,26)(H,27,28). The molecule has 2 N–H and O–H groups in total. The molecule has 0 fully saturated rings. The number of hydrogen-bond donors (Lipinski definition) is 2. The predicted molar refractivity (Wildman–Crippen MR) is 98.1 cm³/mol. The molecule has 1 amide bonds. The second-order valence-electron chi connectivity index (χ2n) is 5.74. The number of carbonyl (C=O) groups excluding carboxylic acids is 1. The van der Waals surface area contributed by atoms with Gasteiger partial charge >= 0.3 is 6.18 Å². The summed E-state index contributed by atoms with van der Waals surface area (Å²) in [6, 6.07) is 16.1. The minimum Gasteiger partial charge on any atom is -0.355 e. The Labute approximate surface area is 158 Å². The van der Waals surface area contributed by atoms with E-state index in [-0.39, 0.29) is 11.4 Å². The van der Waals surface area contributed by atoms with Crippen molar-refractivity contribution in [1.82, 2.24) is 4.98 Å². The molecule has 8 heteroatoms. The highest BCUT2D eigenvalue weighted by Crippen LogP contribution is 2.31. The monoisotopic (exact) mass is 382 g/mol. The Bertz CT molecular complexity index is 1060. The first kappa shape index (κ1) is 18.9. The number of aromatic nitrogens is 1. The third-order valence-electron chi connectivity index (χ3n) is 3.77. The molecule has 1 heterocycles. The van der Waals surface area contributed by atoms with E-state index in [0.29, 0.717) is 16.9 Å². The molecule has 0 unspecified atom stereocenters. The number of hydrogen-bond acceptors (Lipinski definition) is 4.